The highest BCUT2D eigenvalue weighted by Crippen LogP contribution is 2.49. The van der Waals surface area contributed by atoms with Gasteiger partial charge in [-0.3, -0.25) is 0 Å². The second-order valence-electron chi connectivity index (χ2n) is 5.17. The maximum absolute atomic E-state index is 8.99. The number of nitrogens with two attached hydrogens (primary N) is 1. The fourth-order valence-corrected chi connectivity index (χ4v) is 3.65. The molecular weight excluding hydrogens is 234 g/mol. The van der Waals surface area contributed by atoms with Gasteiger partial charge in [0, 0.05) is 25.3 Å². The molecule has 17 heavy (non-hydrogen) atoms. The van der Waals surface area contributed by atoms with E-state index in [0.29, 0.717) is 18.4 Å². The molecule has 5 heteroatoms. The molecule has 0 radical (unpaired) electrons. The Bertz CT molecular complexity index is 402. The number of aliphatic hydroxyl groups is 1. The SMILES string of the molecule is Nc1nsc(N2CCC(CCO)C2)c1C1CC1. The van der Waals surface area contributed by atoms with E-state index in [0.717, 1.165) is 25.3 Å². The predicted octanol–water partition coefficient (Wildman–Crippen LogP) is 1.81. The van der Waals surface area contributed by atoms with Crippen molar-refractivity contribution in [2.45, 2.75) is 31.6 Å². The van der Waals surface area contributed by atoms with Gasteiger partial charge in [-0.05, 0) is 49.1 Å². The van der Waals surface area contributed by atoms with Crippen molar-refractivity contribution in [2.24, 2.45) is 5.92 Å². The van der Waals surface area contributed by atoms with Crippen molar-refractivity contribution in [3.8, 4) is 0 Å². The van der Waals surface area contributed by atoms with E-state index in [1.807, 2.05) is 0 Å². The molecule has 4 nitrogen and oxygen atoms in total. The zero-order valence-electron chi connectivity index (χ0n) is 9.93. The van der Waals surface area contributed by atoms with Gasteiger partial charge in [0.2, 0.25) is 0 Å². The van der Waals surface area contributed by atoms with E-state index >= 15 is 0 Å². The monoisotopic (exact) mass is 253 g/mol. The third-order valence-electron chi connectivity index (χ3n) is 3.83. The zero-order chi connectivity index (χ0) is 11.8. The summed E-state index contributed by atoms with van der Waals surface area (Å²) >= 11 is 1.55. The summed E-state index contributed by atoms with van der Waals surface area (Å²) in [6.07, 6.45) is 4.64. The van der Waals surface area contributed by atoms with Crippen LogP contribution in [-0.4, -0.2) is 29.2 Å². The van der Waals surface area contributed by atoms with E-state index in [1.165, 1.54) is 29.8 Å². The minimum Gasteiger partial charge on any atom is -0.396 e. The van der Waals surface area contributed by atoms with Crippen molar-refractivity contribution in [2.75, 3.05) is 30.3 Å². The van der Waals surface area contributed by atoms with Crippen molar-refractivity contribution in [3.05, 3.63) is 5.56 Å². The second kappa shape index (κ2) is 4.46. The second-order valence-corrected chi connectivity index (χ2v) is 5.93. The molecule has 1 saturated heterocycles. The average molecular weight is 253 g/mol. The average Bonchev–Trinajstić information content (AvgIpc) is 2.92. The Morgan fingerprint density at radius 1 is 1.41 bits per heavy atom. The number of anilines is 2. The molecule has 0 amide bonds. The Kier molecular flexibility index (Phi) is 2.96. The first-order valence-electron chi connectivity index (χ1n) is 6.40. The van der Waals surface area contributed by atoms with Crippen LogP contribution in [0, 0.1) is 5.92 Å². The molecule has 0 aromatic carbocycles. The molecular formula is C12H19N3OS. The van der Waals surface area contributed by atoms with Gasteiger partial charge in [0.05, 0.1) is 0 Å². The van der Waals surface area contributed by atoms with Gasteiger partial charge in [-0.2, -0.15) is 4.37 Å². The van der Waals surface area contributed by atoms with Crippen molar-refractivity contribution < 1.29 is 5.11 Å². The molecule has 2 heterocycles. The summed E-state index contributed by atoms with van der Waals surface area (Å²) in [6, 6.07) is 0. The van der Waals surface area contributed by atoms with Crippen LogP contribution in [0.3, 0.4) is 0 Å². The van der Waals surface area contributed by atoms with Crippen LogP contribution in [0.25, 0.3) is 0 Å². The van der Waals surface area contributed by atoms with Crippen molar-refractivity contribution >= 4 is 22.4 Å². The van der Waals surface area contributed by atoms with Crippen LogP contribution in [0.5, 0.6) is 0 Å². The van der Waals surface area contributed by atoms with Gasteiger partial charge < -0.3 is 15.7 Å². The van der Waals surface area contributed by atoms with E-state index < -0.39 is 0 Å². The molecule has 1 unspecified atom stereocenters. The van der Waals surface area contributed by atoms with Crippen molar-refractivity contribution in [1.82, 2.24) is 4.37 Å². The summed E-state index contributed by atoms with van der Waals surface area (Å²) in [5, 5.41) is 10.3. The molecule has 1 saturated carbocycles. The first-order valence-corrected chi connectivity index (χ1v) is 7.17. The standard InChI is InChI=1S/C12H19N3OS/c13-11-10(9-1-2-9)12(17-14-11)15-5-3-8(7-15)4-6-16/h8-9,16H,1-7H2,(H2,13,14). The van der Waals surface area contributed by atoms with Crippen molar-refractivity contribution in [1.29, 1.82) is 0 Å². The van der Waals surface area contributed by atoms with Crippen molar-refractivity contribution in [3.63, 3.8) is 0 Å². The quantitative estimate of drug-likeness (QED) is 0.859. The fraction of sp³-hybridized carbons (Fsp3) is 0.750. The van der Waals surface area contributed by atoms with Gasteiger partial charge in [0.25, 0.3) is 0 Å². The summed E-state index contributed by atoms with van der Waals surface area (Å²) in [4.78, 5) is 2.42. The number of hydrogen-bond donors (Lipinski definition) is 2. The van der Waals surface area contributed by atoms with Crippen LogP contribution in [0.15, 0.2) is 0 Å². The van der Waals surface area contributed by atoms with Crippen LogP contribution < -0.4 is 10.6 Å². The summed E-state index contributed by atoms with van der Waals surface area (Å²) in [6.45, 7) is 2.45. The van der Waals surface area contributed by atoms with Gasteiger partial charge >= 0.3 is 0 Å². The van der Waals surface area contributed by atoms with E-state index in [1.54, 1.807) is 11.5 Å². The highest BCUT2D eigenvalue weighted by Gasteiger charge is 2.34. The predicted molar refractivity (Wildman–Crippen MR) is 70.5 cm³/mol. The molecule has 1 aromatic heterocycles. The van der Waals surface area contributed by atoms with Crippen LogP contribution in [0.4, 0.5) is 10.8 Å². The third kappa shape index (κ3) is 2.13. The molecule has 2 aliphatic rings. The van der Waals surface area contributed by atoms with E-state index in [-0.39, 0.29) is 0 Å². The minimum absolute atomic E-state index is 0.304. The number of aromatic nitrogens is 1. The Hall–Kier alpha value is -0.810. The molecule has 1 aliphatic heterocycles. The van der Waals surface area contributed by atoms with Gasteiger partial charge in [-0.1, -0.05) is 0 Å². The number of aliphatic hydroxyl groups excluding tert-OH is 1. The Morgan fingerprint density at radius 2 is 2.24 bits per heavy atom. The van der Waals surface area contributed by atoms with Crippen LogP contribution in [0.1, 0.15) is 37.2 Å². The summed E-state index contributed by atoms with van der Waals surface area (Å²) in [5.74, 6) is 2.05. The minimum atomic E-state index is 0.304. The lowest BCUT2D eigenvalue weighted by molar-refractivity contribution is 0.263. The summed E-state index contributed by atoms with van der Waals surface area (Å²) in [5.41, 5.74) is 7.28. The molecule has 1 aromatic rings. The largest absolute Gasteiger partial charge is 0.396 e. The molecule has 3 N–H and O–H groups in total. The summed E-state index contributed by atoms with van der Waals surface area (Å²) < 4.78 is 4.32. The maximum atomic E-state index is 8.99. The molecule has 0 spiro atoms. The number of rotatable bonds is 4. The normalized spacial score (nSPS) is 24.5. The highest BCUT2D eigenvalue weighted by atomic mass is 32.1. The Morgan fingerprint density at radius 3 is 2.94 bits per heavy atom. The molecule has 3 rings (SSSR count). The van der Waals surface area contributed by atoms with Crippen LogP contribution in [0.2, 0.25) is 0 Å². The third-order valence-corrected chi connectivity index (χ3v) is 4.77. The van der Waals surface area contributed by atoms with Gasteiger partial charge in [0.1, 0.15) is 10.8 Å². The smallest absolute Gasteiger partial charge is 0.142 e. The first-order chi connectivity index (χ1) is 8.29. The van der Waals surface area contributed by atoms with Gasteiger partial charge in [0.15, 0.2) is 0 Å². The lowest BCUT2D eigenvalue weighted by atomic mass is 10.1. The molecule has 94 valence electrons. The first kappa shape index (κ1) is 11.3. The van der Waals surface area contributed by atoms with E-state index in [9.17, 15) is 0 Å². The van der Waals surface area contributed by atoms with Crippen LogP contribution >= 0.6 is 11.5 Å². The van der Waals surface area contributed by atoms with E-state index in [4.69, 9.17) is 10.8 Å². The molecule has 0 bridgehead atoms. The number of hydrogen-bond acceptors (Lipinski definition) is 5. The van der Waals surface area contributed by atoms with Crippen LogP contribution in [-0.2, 0) is 0 Å². The molecule has 1 aliphatic carbocycles. The number of nitrogen functional groups attached to an aromatic ring is 1. The Labute approximate surface area is 106 Å². The Balaban J connectivity index is 1.76. The highest BCUT2D eigenvalue weighted by molar-refractivity contribution is 7.10. The molecule has 1 atom stereocenters. The lowest BCUT2D eigenvalue weighted by Gasteiger charge is -2.17. The maximum Gasteiger partial charge on any atom is 0.142 e. The molecule has 2 fully saturated rings. The van der Waals surface area contributed by atoms with Gasteiger partial charge in [-0.25, -0.2) is 0 Å². The van der Waals surface area contributed by atoms with Gasteiger partial charge in [-0.15, -0.1) is 0 Å². The van der Waals surface area contributed by atoms with E-state index in [2.05, 4.69) is 9.27 Å². The fourth-order valence-electron chi connectivity index (χ4n) is 2.72. The number of nitrogens with zero attached hydrogens (tertiary/aromatic N) is 2. The topological polar surface area (TPSA) is 62.4 Å². The zero-order valence-corrected chi connectivity index (χ0v) is 10.7. The summed E-state index contributed by atoms with van der Waals surface area (Å²) in [7, 11) is 0. The lowest BCUT2D eigenvalue weighted by Crippen LogP contribution is -2.20.